The van der Waals surface area contributed by atoms with E-state index in [-0.39, 0.29) is 6.42 Å². The summed E-state index contributed by atoms with van der Waals surface area (Å²) in [7, 11) is 0. The van der Waals surface area contributed by atoms with Crippen molar-refractivity contribution in [3.05, 3.63) is 35.9 Å². The van der Waals surface area contributed by atoms with Gasteiger partial charge < -0.3 is 0 Å². The van der Waals surface area contributed by atoms with Crippen LogP contribution in [-0.2, 0) is 0 Å². The van der Waals surface area contributed by atoms with Crippen LogP contribution in [0.2, 0.25) is 0 Å². The van der Waals surface area contributed by atoms with Gasteiger partial charge >= 0.3 is 6.18 Å². The summed E-state index contributed by atoms with van der Waals surface area (Å²) < 4.78 is 37.8. The Hall–Kier alpha value is -0.990. The van der Waals surface area contributed by atoms with E-state index in [4.69, 9.17) is 0 Å². The standard InChI is InChI=1S/C11H13F3.C2H6/c1-2-6-10(11(12,13)14)9-7-4-3-5-8-9;1-2/h3-5,7-8,10H,2,6H2,1H3;1-2H3/t10-;/m0./s1. The summed E-state index contributed by atoms with van der Waals surface area (Å²) in [5, 5.41) is 0. The van der Waals surface area contributed by atoms with Crippen LogP contribution in [0.1, 0.15) is 45.1 Å². The minimum absolute atomic E-state index is 0.160. The second kappa shape index (κ2) is 7.31. The highest BCUT2D eigenvalue weighted by atomic mass is 19.4. The maximum absolute atomic E-state index is 12.6. The minimum Gasteiger partial charge on any atom is -0.170 e. The van der Waals surface area contributed by atoms with Crippen molar-refractivity contribution in [3.63, 3.8) is 0 Å². The van der Waals surface area contributed by atoms with Crippen molar-refractivity contribution in [1.82, 2.24) is 0 Å². The van der Waals surface area contributed by atoms with E-state index < -0.39 is 12.1 Å². The highest BCUT2D eigenvalue weighted by molar-refractivity contribution is 5.20. The van der Waals surface area contributed by atoms with Crippen molar-refractivity contribution >= 4 is 0 Å². The van der Waals surface area contributed by atoms with Gasteiger partial charge in [-0.3, -0.25) is 0 Å². The van der Waals surface area contributed by atoms with Crippen molar-refractivity contribution in [3.8, 4) is 0 Å². The number of hydrogen-bond acceptors (Lipinski definition) is 0. The molecule has 92 valence electrons. The van der Waals surface area contributed by atoms with Gasteiger partial charge in [-0.1, -0.05) is 57.5 Å². The number of benzene rings is 1. The van der Waals surface area contributed by atoms with Gasteiger partial charge in [0.25, 0.3) is 0 Å². The third-order valence-corrected chi connectivity index (χ3v) is 2.17. The monoisotopic (exact) mass is 232 g/mol. The minimum atomic E-state index is -4.13. The largest absolute Gasteiger partial charge is 0.395 e. The molecule has 0 bridgehead atoms. The normalized spacial score (nSPS) is 12.6. The van der Waals surface area contributed by atoms with Gasteiger partial charge in [-0.25, -0.2) is 0 Å². The van der Waals surface area contributed by atoms with E-state index in [0.29, 0.717) is 12.0 Å². The predicted octanol–water partition coefficient (Wildman–Crippen LogP) is 5.16. The van der Waals surface area contributed by atoms with Gasteiger partial charge in [-0.05, 0) is 12.0 Å². The van der Waals surface area contributed by atoms with Crippen molar-refractivity contribution in [2.24, 2.45) is 0 Å². The first-order valence-electron chi connectivity index (χ1n) is 5.67. The molecule has 3 heteroatoms. The van der Waals surface area contributed by atoms with Gasteiger partial charge in [-0.2, -0.15) is 13.2 Å². The molecule has 0 saturated carbocycles. The number of halogens is 3. The lowest BCUT2D eigenvalue weighted by atomic mass is 9.94. The smallest absolute Gasteiger partial charge is 0.170 e. The fourth-order valence-electron chi connectivity index (χ4n) is 1.49. The Morgan fingerprint density at radius 2 is 1.56 bits per heavy atom. The van der Waals surface area contributed by atoms with Crippen LogP contribution in [0.3, 0.4) is 0 Å². The van der Waals surface area contributed by atoms with E-state index in [1.54, 1.807) is 25.1 Å². The van der Waals surface area contributed by atoms with E-state index in [1.807, 2.05) is 13.8 Å². The Balaban J connectivity index is 0.00000106. The zero-order chi connectivity index (χ0) is 12.6. The van der Waals surface area contributed by atoms with Crippen molar-refractivity contribution < 1.29 is 13.2 Å². The molecule has 16 heavy (non-hydrogen) atoms. The lowest BCUT2D eigenvalue weighted by molar-refractivity contribution is -0.152. The number of rotatable bonds is 3. The van der Waals surface area contributed by atoms with Crippen LogP contribution >= 0.6 is 0 Å². The fraction of sp³-hybridized carbons (Fsp3) is 0.538. The van der Waals surface area contributed by atoms with Gasteiger partial charge in [-0.15, -0.1) is 0 Å². The second-order valence-corrected chi connectivity index (χ2v) is 3.29. The van der Waals surface area contributed by atoms with Crippen molar-refractivity contribution in [2.75, 3.05) is 0 Å². The van der Waals surface area contributed by atoms with Gasteiger partial charge in [0.1, 0.15) is 0 Å². The first-order valence-corrected chi connectivity index (χ1v) is 5.67. The Bertz CT molecular complexity index is 264. The molecule has 0 fully saturated rings. The Morgan fingerprint density at radius 1 is 1.06 bits per heavy atom. The molecular weight excluding hydrogens is 213 g/mol. The summed E-state index contributed by atoms with van der Waals surface area (Å²) in [5.74, 6) is -1.31. The third-order valence-electron chi connectivity index (χ3n) is 2.17. The summed E-state index contributed by atoms with van der Waals surface area (Å²) in [6.07, 6.45) is -3.43. The Labute approximate surface area is 95.5 Å². The molecule has 1 atom stereocenters. The second-order valence-electron chi connectivity index (χ2n) is 3.29. The van der Waals surface area contributed by atoms with Gasteiger partial charge in [0, 0.05) is 0 Å². The molecule has 0 unspecified atom stereocenters. The van der Waals surface area contributed by atoms with Crippen LogP contribution in [0.25, 0.3) is 0 Å². The van der Waals surface area contributed by atoms with E-state index >= 15 is 0 Å². The molecule has 0 heterocycles. The average Bonchev–Trinajstić information content (AvgIpc) is 2.28. The lowest BCUT2D eigenvalue weighted by Gasteiger charge is -2.19. The maximum Gasteiger partial charge on any atom is 0.395 e. The van der Waals surface area contributed by atoms with Crippen molar-refractivity contribution in [2.45, 2.75) is 45.7 Å². The molecule has 0 amide bonds. The summed E-state index contributed by atoms with van der Waals surface area (Å²) in [6, 6.07) is 8.08. The maximum atomic E-state index is 12.6. The molecule has 0 saturated heterocycles. The first kappa shape index (κ1) is 15.0. The zero-order valence-corrected chi connectivity index (χ0v) is 10.0. The molecule has 0 nitrogen and oxygen atoms in total. The highest BCUT2D eigenvalue weighted by Gasteiger charge is 2.39. The molecule has 1 aromatic rings. The van der Waals surface area contributed by atoms with Gasteiger partial charge in [0.05, 0.1) is 5.92 Å². The molecule has 0 aliphatic rings. The highest BCUT2D eigenvalue weighted by Crippen LogP contribution is 2.37. The topological polar surface area (TPSA) is 0 Å². The Morgan fingerprint density at radius 3 is 1.94 bits per heavy atom. The van der Waals surface area contributed by atoms with Crippen LogP contribution in [0.4, 0.5) is 13.2 Å². The van der Waals surface area contributed by atoms with Gasteiger partial charge in [0.15, 0.2) is 0 Å². The van der Waals surface area contributed by atoms with Crippen LogP contribution in [0.15, 0.2) is 30.3 Å². The van der Waals surface area contributed by atoms with E-state index in [0.717, 1.165) is 0 Å². The van der Waals surface area contributed by atoms with Gasteiger partial charge in [0.2, 0.25) is 0 Å². The number of hydrogen-bond donors (Lipinski definition) is 0. The van der Waals surface area contributed by atoms with Crippen LogP contribution < -0.4 is 0 Å². The number of alkyl halides is 3. The van der Waals surface area contributed by atoms with Crippen molar-refractivity contribution in [1.29, 1.82) is 0 Å². The molecular formula is C13H19F3. The van der Waals surface area contributed by atoms with E-state index in [9.17, 15) is 13.2 Å². The molecule has 0 N–H and O–H groups in total. The summed E-state index contributed by atoms with van der Waals surface area (Å²) in [6.45, 7) is 5.77. The fourth-order valence-corrected chi connectivity index (χ4v) is 1.49. The first-order chi connectivity index (χ1) is 7.55. The molecule has 0 spiro atoms. The van der Waals surface area contributed by atoms with Crippen LogP contribution in [0, 0.1) is 0 Å². The molecule has 0 aromatic heterocycles. The molecule has 0 aliphatic carbocycles. The van der Waals surface area contributed by atoms with Crippen LogP contribution in [-0.4, -0.2) is 6.18 Å². The zero-order valence-electron chi connectivity index (χ0n) is 10.0. The molecule has 0 aliphatic heterocycles. The third kappa shape index (κ3) is 4.69. The van der Waals surface area contributed by atoms with Crippen LogP contribution in [0.5, 0.6) is 0 Å². The Kier molecular flexibility index (Phi) is 6.86. The quantitative estimate of drug-likeness (QED) is 0.675. The molecule has 0 radical (unpaired) electrons. The average molecular weight is 232 g/mol. The summed E-state index contributed by atoms with van der Waals surface area (Å²) in [4.78, 5) is 0. The SMILES string of the molecule is CC.CCC[C@@H](c1ccccc1)C(F)(F)F. The predicted molar refractivity (Wildman–Crippen MR) is 61.5 cm³/mol. The lowest BCUT2D eigenvalue weighted by Crippen LogP contribution is -2.20. The summed E-state index contributed by atoms with van der Waals surface area (Å²) in [5.41, 5.74) is 0.363. The molecule has 1 rings (SSSR count). The van der Waals surface area contributed by atoms with E-state index in [1.165, 1.54) is 12.1 Å². The summed E-state index contributed by atoms with van der Waals surface area (Å²) >= 11 is 0. The van der Waals surface area contributed by atoms with E-state index in [2.05, 4.69) is 0 Å². The molecule has 1 aromatic carbocycles.